The van der Waals surface area contributed by atoms with E-state index in [2.05, 4.69) is 15.1 Å². The molecule has 0 aliphatic heterocycles. The highest BCUT2D eigenvalue weighted by Gasteiger charge is 2.19. The first-order valence-corrected chi connectivity index (χ1v) is 7.92. The summed E-state index contributed by atoms with van der Waals surface area (Å²) in [6, 6.07) is 7.90. The zero-order valence-electron chi connectivity index (χ0n) is 12.4. The molecule has 0 fully saturated rings. The van der Waals surface area contributed by atoms with E-state index < -0.39 is 6.10 Å². The van der Waals surface area contributed by atoms with Crippen molar-refractivity contribution in [2.45, 2.75) is 19.4 Å². The highest BCUT2D eigenvalue weighted by molar-refractivity contribution is 7.10. The number of oxime groups is 1. The summed E-state index contributed by atoms with van der Waals surface area (Å²) in [4.78, 5) is 12.5. The summed E-state index contributed by atoms with van der Waals surface area (Å²) < 4.78 is 0. The van der Waals surface area contributed by atoms with E-state index in [-0.39, 0.29) is 0 Å². The van der Waals surface area contributed by atoms with Crippen LogP contribution < -0.4 is 0 Å². The number of H-pyrrole nitrogens is 1. The first kappa shape index (κ1) is 14.7. The number of fused-ring (bicyclic) bond motifs is 1. The molecule has 0 amide bonds. The smallest absolute Gasteiger partial charge is 0.133 e. The van der Waals surface area contributed by atoms with Gasteiger partial charge in [0.25, 0.3) is 0 Å². The molecule has 114 valence electrons. The minimum atomic E-state index is -0.754. The van der Waals surface area contributed by atoms with Crippen LogP contribution in [0.5, 0.6) is 0 Å². The van der Waals surface area contributed by atoms with Crippen LogP contribution in [0.4, 0.5) is 0 Å². The first-order valence-electron chi connectivity index (χ1n) is 7.04. The van der Waals surface area contributed by atoms with Crippen LogP contribution in [-0.4, -0.2) is 27.9 Å². The molecule has 0 saturated heterocycles. The van der Waals surface area contributed by atoms with Crippen molar-refractivity contribution >= 4 is 28.0 Å². The fraction of sp³-hybridized carbons (Fsp3) is 0.250. The lowest BCUT2D eigenvalue weighted by molar-refractivity contribution is 0.212. The van der Waals surface area contributed by atoms with Gasteiger partial charge in [-0.15, -0.1) is 11.3 Å². The SMILES string of the molecule is CC/C(=N/OC)c1csc(C(O)c2c[nH]c3ccccc23)n1. The zero-order valence-corrected chi connectivity index (χ0v) is 13.2. The van der Waals surface area contributed by atoms with Gasteiger partial charge in [0.2, 0.25) is 0 Å². The molecule has 2 heterocycles. The molecule has 2 N–H and O–H groups in total. The third kappa shape index (κ3) is 2.63. The Morgan fingerprint density at radius 2 is 2.27 bits per heavy atom. The van der Waals surface area contributed by atoms with Crippen LogP contribution in [0.1, 0.15) is 35.7 Å². The number of aliphatic hydroxyl groups excluding tert-OH is 1. The summed E-state index contributed by atoms with van der Waals surface area (Å²) in [7, 11) is 1.52. The number of aromatic amines is 1. The highest BCUT2D eigenvalue weighted by Crippen LogP contribution is 2.30. The lowest BCUT2D eigenvalue weighted by Crippen LogP contribution is -2.03. The van der Waals surface area contributed by atoms with Crippen molar-refractivity contribution in [1.82, 2.24) is 9.97 Å². The second kappa shape index (κ2) is 6.29. The number of aliphatic hydroxyl groups is 1. The predicted octanol–water partition coefficient (Wildman–Crippen LogP) is 3.47. The van der Waals surface area contributed by atoms with E-state index in [4.69, 9.17) is 4.84 Å². The highest BCUT2D eigenvalue weighted by atomic mass is 32.1. The molecule has 0 bridgehead atoms. The average Bonchev–Trinajstić information content (AvgIpc) is 3.19. The molecule has 1 atom stereocenters. The molecule has 2 aromatic heterocycles. The molecule has 5 nitrogen and oxygen atoms in total. The van der Waals surface area contributed by atoms with Crippen LogP contribution in [0.25, 0.3) is 10.9 Å². The van der Waals surface area contributed by atoms with Crippen LogP contribution in [0, 0.1) is 0 Å². The molecule has 0 radical (unpaired) electrons. The summed E-state index contributed by atoms with van der Waals surface area (Å²) in [6.45, 7) is 1.99. The molecule has 0 spiro atoms. The number of nitrogens with one attached hydrogen (secondary N) is 1. The molecule has 0 aliphatic rings. The van der Waals surface area contributed by atoms with Gasteiger partial charge in [-0.05, 0) is 12.5 Å². The van der Waals surface area contributed by atoms with Crippen molar-refractivity contribution in [1.29, 1.82) is 0 Å². The molecule has 1 aromatic carbocycles. The van der Waals surface area contributed by atoms with Crippen molar-refractivity contribution in [3.05, 3.63) is 52.1 Å². The first-order chi connectivity index (χ1) is 10.7. The van der Waals surface area contributed by atoms with Gasteiger partial charge in [-0.3, -0.25) is 0 Å². The maximum absolute atomic E-state index is 10.6. The molecular weight excluding hydrogens is 298 g/mol. The molecule has 6 heteroatoms. The zero-order chi connectivity index (χ0) is 15.5. The van der Waals surface area contributed by atoms with E-state index in [0.717, 1.165) is 34.3 Å². The van der Waals surface area contributed by atoms with Gasteiger partial charge in [0, 0.05) is 28.0 Å². The topological polar surface area (TPSA) is 70.5 Å². The van der Waals surface area contributed by atoms with E-state index in [9.17, 15) is 5.11 Å². The molecule has 0 saturated carbocycles. The maximum Gasteiger partial charge on any atom is 0.133 e. The molecule has 3 aromatic rings. The van der Waals surface area contributed by atoms with Gasteiger partial charge in [-0.25, -0.2) is 4.98 Å². The second-order valence-corrected chi connectivity index (χ2v) is 5.73. The largest absolute Gasteiger partial charge is 0.399 e. The van der Waals surface area contributed by atoms with E-state index >= 15 is 0 Å². The van der Waals surface area contributed by atoms with Gasteiger partial charge in [0.05, 0.1) is 5.69 Å². The number of benzene rings is 1. The Bertz CT molecular complexity index is 806. The van der Waals surface area contributed by atoms with Crippen molar-refractivity contribution in [3.8, 4) is 0 Å². The normalized spacial score (nSPS) is 13.5. The van der Waals surface area contributed by atoms with Crippen LogP contribution in [0.2, 0.25) is 0 Å². The van der Waals surface area contributed by atoms with E-state index in [1.165, 1.54) is 18.4 Å². The number of hydrogen-bond donors (Lipinski definition) is 2. The molecule has 3 rings (SSSR count). The predicted molar refractivity (Wildman–Crippen MR) is 88.3 cm³/mol. The molecular formula is C16H17N3O2S. The van der Waals surface area contributed by atoms with Crippen molar-refractivity contribution in [3.63, 3.8) is 0 Å². The van der Waals surface area contributed by atoms with Crippen LogP contribution in [-0.2, 0) is 4.84 Å². The minimum Gasteiger partial charge on any atom is -0.399 e. The second-order valence-electron chi connectivity index (χ2n) is 4.84. The van der Waals surface area contributed by atoms with Gasteiger partial charge >= 0.3 is 0 Å². The summed E-state index contributed by atoms with van der Waals surface area (Å²) in [5.41, 5.74) is 3.36. The summed E-state index contributed by atoms with van der Waals surface area (Å²) in [5, 5.41) is 18.2. The Kier molecular flexibility index (Phi) is 4.22. The van der Waals surface area contributed by atoms with Crippen molar-refractivity contribution < 1.29 is 9.94 Å². The Hall–Kier alpha value is -2.18. The number of hydrogen-bond acceptors (Lipinski definition) is 5. The quantitative estimate of drug-likeness (QED) is 0.559. The van der Waals surface area contributed by atoms with E-state index in [1.54, 1.807) is 0 Å². The molecule has 0 aliphatic carbocycles. The van der Waals surface area contributed by atoms with Gasteiger partial charge < -0.3 is 14.9 Å². The summed E-state index contributed by atoms with van der Waals surface area (Å²) in [5.74, 6) is 0. The fourth-order valence-corrected chi connectivity index (χ4v) is 3.23. The van der Waals surface area contributed by atoms with Crippen molar-refractivity contribution in [2.24, 2.45) is 5.16 Å². The van der Waals surface area contributed by atoms with Gasteiger partial charge in [-0.2, -0.15) is 0 Å². The fourth-order valence-electron chi connectivity index (χ4n) is 2.40. The third-order valence-corrected chi connectivity index (χ3v) is 4.40. The van der Waals surface area contributed by atoms with Crippen LogP contribution >= 0.6 is 11.3 Å². The van der Waals surface area contributed by atoms with E-state index in [0.29, 0.717) is 5.01 Å². The number of aromatic nitrogens is 2. The number of thiazole rings is 1. The Morgan fingerprint density at radius 1 is 1.45 bits per heavy atom. The lowest BCUT2D eigenvalue weighted by atomic mass is 10.1. The van der Waals surface area contributed by atoms with Gasteiger partial charge in [-0.1, -0.05) is 30.3 Å². The molecule has 1 unspecified atom stereocenters. The van der Waals surface area contributed by atoms with Crippen molar-refractivity contribution in [2.75, 3.05) is 7.11 Å². The minimum absolute atomic E-state index is 0.650. The Labute approximate surface area is 132 Å². The number of para-hydroxylation sites is 1. The Balaban J connectivity index is 1.94. The van der Waals surface area contributed by atoms with Crippen LogP contribution in [0.15, 0.2) is 41.0 Å². The molecule has 22 heavy (non-hydrogen) atoms. The van der Waals surface area contributed by atoms with Gasteiger partial charge in [0.15, 0.2) is 0 Å². The van der Waals surface area contributed by atoms with Crippen LogP contribution in [0.3, 0.4) is 0 Å². The summed E-state index contributed by atoms with van der Waals surface area (Å²) >= 11 is 1.42. The number of rotatable bonds is 5. The third-order valence-electron chi connectivity index (χ3n) is 3.50. The lowest BCUT2D eigenvalue weighted by Gasteiger charge is -2.06. The van der Waals surface area contributed by atoms with E-state index in [1.807, 2.05) is 42.8 Å². The Morgan fingerprint density at radius 3 is 3.05 bits per heavy atom. The maximum atomic E-state index is 10.6. The number of nitrogens with zero attached hydrogens (tertiary/aromatic N) is 2. The van der Waals surface area contributed by atoms with Gasteiger partial charge in [0.1, 0.15) is 23.9 Å². The monoisotopic (exact) mass is 315 g/mol. The average molecular weight is 315 g/mol. The standard InChI is InChI=1S/C16H17N3O2S/c1-3-12(19-21-2)14-9-22-16(18-14)15(20)11-8-17-13-7-5-4-6-10(11)13/h4-9,15,17,20H,3H2,1-2H3/b19-12-. The summed E-state index contributed by atoms with van der Waals surface area (Å²) in [6.07, 6.45) is 1.80.